The number of hydrogen-bond donors (Lipinski definition) is 2. The van der Waals surface area contributed by atoms with E-state index in [0.717, 1.165) is 45.3 Å². The van der Waals surface area contributed by atoms with Crippen LogP contribution in [0.15, 0.2) is 35.7 Å². The molecule has 0 amide bonds. The summed E-state index contributed by atoms with van der Waals surface area (Å²) in [5, 5.41) is 14.2. The summed E-state index contributed by atoms with van der Waals surface area (Å²) in [4.78, 5) is 16.9. The van der Waals surface area contributed by atoms with E-state index in [2.05, 4.69) is 28.6 Å². The lowest BCUT2D eigenvalue weighted by Gasteiger charge is -2.30. The summed E-state index contributed by atoms with van der Waals surface area (Å²) in [6, 6.07) is 5.93. The molecule has 0 fully saturated rings. The Morgan fingerprint density at radius 1 is 1.29 bits per heavy atom. The molecule has 4 rings (SSSR count). The average molecular weight is 376 g/mol. The fourth-order valence-electron chi connectivity index (χ4n) is 4.25. The Labute approximate surface area is 163 Å². The van der Waals surface area contributed by atoms with Crippen molar-refractivity contribution < 1.29 is 10.0 Å². The number of ketones is 1. The van der Waals surface area contributed by atoms with Gasteiger partial charge in [0, 0.05) is 46.7 Å². The van der Waals surface area contributed by atoms with E-state index < -0.39 is 0 Å². The molecule has 0 radical (unpaired) electrons. The number of hydrogen-bond acceptors (Lipinski definition) is 5. The van der Waals surface area contributed by atoms with Crippen LogP contribution in [0.4, 0.5) is 5.82 Å². The minimum atomic E-state index is -0.0664. The molecule has 0 unspecified atom stereocenters. The maximum atomic E-state index is 12.7. The first-order valence-corrected chi connectivity index (χ1v) is 9.33. The second-order valence-corrected chi connectivity index (χ2v) is 8.42. The molecule has 144 valence electrons. The molecule has 0 atom stereocenters. The molecule has 0 bridgehead atoms. The molecule has 3 aromatic rings. The predicted octanol–water partition coefficient (Wildman–Crippen LogP) is 4.27. The van der Waals surface area contributed by atoms with Crippen LogP contribution in [0.2, 0.25) is 0 Å². The highest BCUT2D eigenvalue weighted by molar-refractivity contribution is 6.11. The molecule has 0 saturated heterocycles. The number of benzene rings is 1. The van der Waals surface area contributed by atoms with E-state index in [-0.39, 0.29) is 11.2 Å². The van der Waals surface area contributed by atoms with Gasteiger partial charge in [0.1, 0.15) is 5.82 Å². The second kappa shape index (κ2) is 6.19. The minimum absolute atomic E-state index is 0.0664. The fourth-order valence-corrected chi connectivity index (χ4v) is 4.25. The Morgan fingerprint density at radius 2 is 2.04 bits per heavy atom. The number of nitrogens with zero attached hydrogens (tertiary/aromatic N) is 3. The number of anilines is 1. The lowest BCUT2D eigenvalue weighted by Crippen LogP contribution is -2.28. The van der Waals surface area contributed by atoms with Crippen LogP contribution in [0, 0.1) is 12.3 Å². The number of aryl methyl sites for hydroxylation is 1. The zero-order valence-electron chi connectivity index (χ0n) is 16.6. The Morgan fingerprint density at radius 3 is 2.75 bits per heavy atom. The Balaban J connectivity index is 1.97. The topological polar surface area (TPSA) is 93.5 Å². The summed E-state index contributed by atoms with van der Waals surface area (Å²) in [6.07, 6.45) is 5.06. The monoisotopic (exact) mass is 376 g/mol. The minimum Gasteiger partial charge on any atom is -0.411 e. The number of nitrogens with two attached hydrogens (primary N) is 1. The molecule has 2 heterocycles. The van der Waals surface area contributed by atoms with E-state index in [1.54, 1.807) is 13.1 Å². The van der Waals surface area contributed by atoms with E-state index in [4.69, 9.17) is 5.73 Å². The van der Waals surface area contributed by atoms with Gasteiger partial charge >= 0.3 is 0 Å². The third kappa shape index (κ3) is 2.76. The summed E-state index contributed by atoms with van der Waals surface area (Å²) in [6.45, 7) is 7.98. The zero-order chi connectivity index (χ0) is 20.2. The highest BCUT2D eigenvalue weighted by Crippen LogP contribution is 2.38. The van der Waals surface area contributed by atoms with Crippen molar-refractivity contribution in [3.63, 3.8) is 0 Å². The second-order valence-electron chi connectivity index (χ2n) is 8.42. The number of nitrogen functional groups attached to an aromatic ring is 1. The van der Waals surface area contributed by atoms with Gasteiger partial charge in [0.25, 0.3) is 0 Å². The van der Waals surface area contributed by atoms with Gasteiger partial charge in [-0.05, 0) is 54.8 Å². The van der Waals surface area contributed by atoms with Crippen molar-refractivity contribution in [2.75, 3.05) is 5.73 Å². The molecule has 0 spiro atoms. The zero-order valence-corrected chi connectivity index (χ0v) is 16.6. The van der Waals surface area contributed by atoms with Crippen LogP contribution in [-0.4, -0.2) is 26.3 Å². The normalized spacial score (nSPS) is 16.4. The van der Waals surface area contributed by atoms with Crippen LogP contribution >= 0.6 is 0 Å². The average Bonchev–Trinajstić information content (AvgIpc) is 2.96. The lowest BCUT2D eigenvalue weighted by molar-refractivity contribution is 0.0910. The molecule has 3 N–H and O–H groups in total. The van der Waals surface area contributed by atoms with Crippen LogP contribution in [0.5, 0.6) is 0 Å². The standard InChI is InChI=1S/C22H24N4O2/c1-12-11-26(18-8-22(3,4)9-19(27)20(12)18)14-5-6-15-16(7-14)17(13(2)25-28)10-24-21(15)23/h5-7,10-11,28H,8-9H2,1-4H3,(H2,23,24). The first kappa shape index (κ1) is 18.2. The van der Waals surface area contributed by atoms with E-state index >= 15 is 0 Å². The highest BCUT2D eigenvalue weighted by Gasteiger charge is 2.34. The number of oxime groups is 1. The molecule has 6 heteroatoms. The number of carbonyl (C=O) groups excluding carboxylic acids is 1. The molecule has 28 heavy (non-hydrogen) atoms. The van der Waals surface area contributed by atoms with Gasteiger partial charge in [-0.2, -0.15) is 0 Å². The number of fused-ring (bicyclic) bond motifs is 2. The smallest absolute Gasteiger partial charge is 0.165 e. The van der Waals surface area contributed by atoms with Crippen molar-refractivity contribution in [1.29, 1.82) is 0 Å². The predicted molar refractivity (Wildman–Crippen MR) is 111 cm³/mol. The summed E-state index contributed by atoms with van der Waals surface area (Å²) in [5.74, 6) is 0.638. The Hall–Kier alpha value is -3.15. The van der Waals surface area contributed by atoms with E-state index in [9.17, 15) is 10.0 Å². The highest BCUT2D eigenvalue weighted by atomic mass is 16.4. The van der Waals surface area contributed by atoms with Crippen LogP contribution in [0.25, 0.3) is 16.5 Å². The van der Waals surface area contributed by atoms with Crippen molar-refractivity contribution in [2.24, 2.45) is 10.6 Å². The first-order chi connectivity index (χ1) is 13.2. The van der Waals surface area contributed by atoms with Gasteiger partial charge in [-0.15, -0.1) is 0 Å². The summed E-state index contributed by atoms with van der Waals surface area (Å²) >= 11 is 0. The van der Waals surface area contributed by atoms with Crippen LogP contribution in [0.1, 0.15) is 54.4 Å². The Bertz CT molecular complexity index is 1160. The fraction of sp³-hybridized carbons (Fsp3) is 0.318. The van der Waals surface area contributed by atoms with E-state index in [1.165, 1.54) is 0 Å². The molecule has 1 aromatic carbocycles. The largest absolute Gasteiger partial charge is 0.411 e. The summed E-state index contributed by atoms with van der Waals surface area (Å²) < 4.78 is 2.11. The summed E-state index contributed by atoms with van der Waals surface area (Å²) in [5.41, 5.74) is 11.0. The number of aromatic nitrogens is 2. The van der Waals surface area contributed by atoms with Gasteiger partial charge in [-0.3, -0.25) is 4.79 Å². The molecule has 0 saturated carbocycles. The molecular formula is C22H24N4O2. The van der Waals surface area contributed by atoms with E-state index in [0.29, 0.717) is 18.0 Å². The van der Waals surface area contributed by atoms with Gasteiger partial charge in [-0.1, -0.05) is 19.0 Å². The number of rotatable bonds is 2. The third-order valence-corrected chi connectivity index (χ3v) is 5.58. The van der Waals surface area contributed by atoms with E-state index in [1.807, 2.05) is 31.3 Å². The molecular weight excluding hydrogens is 352 g/mol. The first-order valence-electron chi connectivity index (χ1n) is 9.33. The van der Waals surface area contributed by atoms with Crippen molar-refractivity contribution in [3.05, 3.63) is 53.0 Å². The quantitative estimate of drug-likeness (QED) is 0.397. The molecule has 1 aliphatic rings. The van der Waals surface area contributed by atoms with Crippen LogP contribution in [-0.2, 0) is 6.42 Å². The molecule has 2 aromatic heterocycles. The number of pyridine rings is 1. The van der Waals surface area contributed by atoms with Gasteiger partial charge in [0.05, 0.1) is 5.71 Å². The van der Waals surface area contributed by atoms with Crippen LogP contribution in [0.3, 0.4) is 0 Å². The molecule has 0 aliphatic heterocycles. The van der Waals surface area contributed by atoms with Gasteiger partial charge in [-0.25, -0.2) is 4.98 Å². The maximum Gasteiger partial charge on any atom is 0.165 e. The van der Waals surface area contributed by atoms with Crippen LogP contribution < -0.4 is 5.73 Å². The van der Waals surface area contributed by atoms with Gasteiger partial charge in [0.15, 0.2) is 5.78 Å². The number of Topliss-reactive ketones (excluding diaryl/α,β-unsaturated/α-hetero) is 1. The Kier molecular flexibility index (Phi) is 4.03. The molecule has 1 aliphatic carbocycles. The third-order valence-electron chi connectivity index (χ3n) is 5.58. The number of carbonyl (C=O) groups is 1. The van der Waals surface area contributed by atoms with Crippen molar-refractivity contribution in [3.8, 4) is 5.69 Å². The van der Waals surface area contributed by atoms with Crippen molar-refractivity contribution in [2.45, 2.75) is 40.5 Å². The van der Waals surface area contributed by atoms with Crippen molar-refractivity contribution >= 4 is 28.1 Å². The SMILES string of the molecule is CC(=NO)c1cnc(N)c2ccc(-n3cc(C)c4c3CC(C)(C)CC4=O)cc12. The molecule has 6 nitrogen and oxygen atoms in total. The summed E-state index contributed by atoms with van der Waals surface area (Å²) in [7, 11) is 0. The maximum absolute atomic E-state index is 12.7. The lowest BCUT2D eigenvalue weighted by atomic mass is 9.75. The van der Waals surface area contributed by atoms with Gasteiger partial charge < -0.3 is 15.5 Å². The van der Waals surface area contributed by atoms with Gasteiger partial charge in [0.2, 0.25) is 0 Å². The van der Waals surface area contributed by atoms with Crippen molar-refractivity contribution in [1.82, 2.24) is 9.55 Å².